The van der Waals surface area contributed by atoms with Gasteiger partial charge in [0.05, 0.1) is 22.7 Å². The summed E-state index contributed by atoms with van der Waals surface area (Å²) in [4.78, 5) is 12.6. The highest BCUT2D eigenvalue weighted by Crippen LogP contribution is 2.32. The Morgan fingerprint density at radius 2 is 1.85 bits per heavy atom. The standard InChI is InChI=1S/C15H13Cl2NO2/c1-8-3-4-13(20-2)10(5-8)15(19)11-6-9(18)7-12(16)14(11)17/h3-7H,18H2,1-2H3. The van der Waals surface area contributed by atoms with Gasteiger partial charge in [-0.1, -0.05) is 34.8 Å². The molecule has 2 rings (SSSR count). The van der Waals surface area contributed by atoms with Crippen molar-refractivity contribution in [3.05, 3.63) is 57.1 Å². The van der Waals surface area contributed by atoms with Crippen molar-refractivity contribution in [2.75, 3.05) is 12.8 Å². The first-order chi connectivity index (χ1) is 9.43. The summed E-state index contributed by atoms with van der Waals surface area (Å²) in [5.41, 5.74) is 7.74. The first kappa shape index (κ1) is 14.7. The zero-order chi connectivity index (χ0) is 14.9. The van der Waals surface area contributed by atoms with Crippen molar-refractivity contribution in [2.24, 2.45) is 0 Å². The predicted octanol–water partition coefficient (Wildman–Crippen LogP) is 4.12. The Morgan fingerprint density at radius 3 is 2.50 bits per heavy atom. The Morgan fingerprint density at radius 1 is 1.15 bits per heavy atom. The lowest BCUT2D eigenvalue weighted by atomic mass is 10.00. The van der Waals surface area contributed by atoms with Gasteiger partial charge in [-0.2, -0.15) is 0 Å². The minimum atomic E-state index is -0.273. The summed E-state index contributed by atoms with van der Waals surface area (Å²) in [6, 6.07) is 8.37. The third-order valence-electron chi connectivity index (χ3n) is 2.89. The molecule has 0 atom stereocenters. The lowest BCUT2D eigenvalue weighted by Crippen LogP contribution is -2.06. The molecule has 0 saturated carbocycles. The number of methoxy groups -OCH3 is 1. The summed E-state index contributed by atoms with van der Waals surface area (Å²) >= 11 is 12.1. The minimum Gasteiger partial charge on any atom is -0.496 e. The van der Waals surface area contributed by atoms with Crippen molar-refractivity contribution in [1.29, 1.82) is 0 Å². The maximum atomic E-state index is 12.6. The number of carbonyl (C=O) groups excluding carboxylic acids is 1. The lowest BCUT2D eigenvalue weighted by Gasteiger charge is -2.11. The number of hydrogen-bond acceptors (Lipinski definition) is 3. The first-order valence-electron chi connectivity index (χ1n) is 5.88. The number of halogens is 2. The van der Waals surface area contributed by atoms with E-state index in [9.17, 15) is 4.79 Å². The van der Waals surface area contributed by atoms with Crippen LogP contribution in [0.4, 0.5) is 5.69 Å². The average Bonchev–Trinajstić information content (AvgIpc) is 2.42. The number of nitrogens with two attached hydrogens (primary N) is 1. The molecule has 0 heterocycles. The molecule has 0 aromatic heterocycles. The van der Waals surface area contributed by atoms with E-state index in [2.05, 4.69) is 0 Å². The van der Waals surface area contributed by atoms with Crippen LogP contribution in [0, 0.1) is 6.92 Å². The molecule has 0 unspecified atom stereocenters. The minimum absolute atomic E-state index is 0.189. The van der Waals surface area contributed by atoms with Crippen LogP contribution in [-0.4, -0.2) is 12.9 Å². The Bertz CT molecular complexity index is 684. The van der Waals surface area contributed by atoms with Crippen LogP contribution in [-0.2, 0) is 0 Å². The Kier molecular flexibility index (Phi) is 4.21. The molecular weight excluding hydrogens is 297 g/mol. The molecule has 2 aromatic carbocycles. The van der Waals surface area contributed by atoms with Crippen LogP contribution in [0.3, 0.4) is 0 Å². The third kappa shape index (κ3) is 2.74. The summed E-state index contributed by atoms with van der Waals surface area (Å²) in [6.45, 7) is 1.89. The molecule has 0 spiro atoms. The maximum Gasteiger partial charge on any atom is 0.198 e. The maximum absolute atomic E-state index is 12.6. The van der Waals surface area contributed by atoms with Gasteiger partial charge in [-0.3, -0.25) is 4.79 Å². The number of rotatable bonds is 3. The lowest BCUT2D eigenvalue weighted by molar-refractivity contribution is 0.103. The second kappa shape index (κ2) is 5.73. The molecule has 0 amide bonds. The van der Waals surface area contributed by atoms with Gasteiger partial charge >= 0.3 is 0 Å². The molecule has 0 fully saturated rings. The van der Waals surface area contributed by atoms with Crippen LogP contribution in [0.1, 0.15) is 21.5 Å². The molecular formula is C15H13Cl2NO2. The van der Waals surface area contributed by atoms with E-state index < -0.39 is 0 Å². The topological polar surface area (TPSA) is 52.3 Å². The highest BCUT2D eigenvalue weighted by atomic mass is 35.5. The smallest absolute Gasteiger partial charge is 0.198 e. The average molecular weight is 310 g/mol. The van der Waals surface area contributed by atoms with Crippen LogP contribution >= 0.6 is 23.2 Å². The van der Waals surface area contributed by atoms with Crippen molar-refractivity contribution in [3.63, 3.8) is 0 Å². The predicted molar refractivity (Wildman–Crippen MR) is 82.0 cm³/mol. The van der Waals surface area contributed by atoms with E-state index >= 15 is 0 Å². The number of benzene rings is 2. The SMILES string of the molecule is COc1ccc(C)cc1C(=O)c1cc(N)cc(Cl)c1Cl. The molecule has 2 N–H and O–H groups in total. The highest BCUT2D eigenvalue weighted by Gasteiger charge is 2.19. The largest absolute Gasteiger partial charge is 0.496 e. The number of aryl methyl sites for hydroxylation is 1. The van der Waals surface area contributed by atoms with Gasteiger partial charge in [-0.15, -0.1) is 0 Å². The van der Waals surface area contributed by atoms with Gasteiger partial charge in [-0.05, 0) is 31.2 Å². The highest BCUT2D eigenvalue weighted by molar-refractivity contribution is 6.44. The molecule has 2 aromatic rings. The van der Waals surface area contributed by atoms with E-state index in [0.29, 0.717) is 17.0 Å². The molecule has 0 radical (unpaired) electrons. The van der Waals surface area contributed by atoms with Crippen molar-refractivity contribution >= 4 is 34.7 Å². The van der Waals surface area contributed by atoms with E-state index in [1.165, 1.54) is 19.2 Å². The molecule has 5 heteroatoms. The molecule has 0 bridgehead atoms. The Hall–Kier alpha value is -1.71. The van der Waals surface area contributed by atoms with Gasteiger partial charge in [0.15, 0.2) is 5.78 Å². The summed E-state index contributed by atoms with van der Waals surface area (Å²) in [6.07, 6.45) is 0. The molecule has 104 valence electrons. The fourth-order valence-electron chi connectivity index (χ4n) is 1.92. The van der Waals surface area contributed by atoms with Crippen molar-refractivity contribution in [1.82, 2.24) is 0 Å². The van der Waals surface area contributed by atoms with Crippen molar-refractivity contribution < 1.29 is 9.53 Å². The number of carbonyl (C=O) groups is 1. The van der Waals surface area contributed by atoms with Crippen LogP contribution in [0.15, 0.2) is 30.3 Å². The fraction of sp³-hybridized carbons (Fsp3) is 0.133. The Labute approximate surface area is 127 Å². The zero-order valence-corrected chi connectivity index (χ0v) is 12.5. The molecule has 0 aliphatic rings. The first-order valence-corrected chi connectivity index (χ1v) is 6.63. The van der Waals surface area contributed by atoms with Gasteiger partial charge in [0.1, 0.15) is 5.75 Å². The van der Waals surface area contributed by atoms with Gasteiger partial charge < -0.3 is 10.5 Å². The zero-order valence-electron chi connectivity index (χ0n) is 11.0. The van der Waals surface area contributed by atoms with E-state index in [1.54, 1.807) is 12.1 Å². The number of nitrogen functional groups attached to an aromatic ring is 1. The number of anilines is 1. The molecule has 0 aliphatic carbocycles. The summed E-state index contributed by atoms with van der Waals surface area (Å²) in [5.74, 6) is 0.208. The van der Waals surface area contributed by atoms with Crippen LogP contribution in [0.25, 0.3) is 0 Å². The molecule has 0 aliphatic heterocycles. The van der Waals surface area contributed by atoms with Gasteiger partial charge in [-0.25, -0.2) is 0 Å². The van der Waals surface area contributed by atoms with Crippen molar-refractivity contribution in [3.8, 4) is 5.75 Å². The van der Waals surface area contributed by atoms with E-state index in [4.69, 9.17) is 33.7 Å². The molecule has 3 nitrogen and oxygen atoms in total. The summed E-state index contributed by atoms with van der Waals surface area (Å²) in [5, 5.41) is 0.441. The van der Waals surface area contributed by atoms with Gasteiger partial charge in [0.2, 0.25) is 0 Å². The van der Waals surface area contributed by atoms with Crippen LogP contribution < -0.4 is 10.5 Å². The number of ketones is 1. The third-order valence-corrected chi connectivity index (χ3v) is 3.70. The second-order valence-corrected chi connectivity index (χ2v) is 5.18. The number of hydrogen-bond donors (Lipinski definition) is 1. The number of ether oxygens (including phenoxy) is 1. The van der Waals surface area contributed by atoms with E-state index in [-0.39, 0.29) is 21.4 Å². The monoisotopic (exact) mass is 309 g/mol. The van der Waals surface area contributed by atoms with E-state index in [1.807, 2.05) is 13.0 Å². The second-order valence-electron chi connectivity index (χ2n) is 4.40. The summed E-state index contributed by atoms with van der Waals surface area (Å²) < 4.78 is 5.22. The van der Waals surface area contributed by atoms with Crippen LogP contribution in [0.2, 0.25) is 10.0 Å². The summed E-state index contributed by atoms with van der Waals surface area (Å²) in [7, 11) is 1.51. The Balaban J connectivity index is 2.60. The molecule has 20 heavy (non-hydrogen) atoms. The van der Waals surface area contributed by atoms with Crippen LogP contribution in [0.5, 0.6) is 5.75 Å². The van der Waals surface area contributed by atoms with Gasteiger partial charge in [0.25, 0.3) is 0 Å². The normalized spacial score (nSPS) is 10.4. The molecule has 0 saturated heterocycles. The quantitative estimate of drug-likeness (QED) is 0.685. The fourth-order valence-corrected chi connectivity index (χ4v) is 2.34. The van der Waals surface area contributed by atoms with E-state index in [0.717, 1.165) is 5.56 Å². The van der Waals surface area contributed by atoms with Gasteiger partial charge in [0, 0.05) is 11.3 Å². The van der Waals surface area contributed by atoms with Crippen molar-refractivity contribution in [2.45, 2.75) is 6.92 Å².